The van der Waals surface area contributed by atoms with Crippen LogP contribution in [0, 0.1) is 0 Å². The predicted octanol–water partition coefficient (Wildman–Crippen LogP) is 4.48. The van der Waals surface area contributed by atoms with Gasteiger partial charge in [-0.15, -0.1) is 0 Å². The molecular formula is C16H18N2O. The summed E-state index contributed by atoms with van der Waals surface area (Å²) in [5, 5.41) is 0. The molecule has 3 heterocycles. The van der Waals surface area contributed by atoms with Gasteiger partial charge in [-0.25, -0.2) is 0 Å². The van der Waals surface area contributed by atoms with E-state index in [4.69, 9.17) is 4.42 Å². The van der Waals surface area contributed by atoms with E-state index in [1.807, 2.05) is 44.3 Å². The highest BCUT2D eigenvalue weighted by Crippen LogP contribution is 2.28. The molecule has 0 saturated heterocycles. The van der Waals surface area contributed by atoms with Gasteiger partial charge in [0.25, 0.3) is 0 Å². The predicted molar refractivity (Wildman–Crippen MR) is 78.0 cm³/mol. The zero-order valence-corrected chi connectivity index (χ0v) is 11.6. The fraction of sp³-hybridized carbons (Fsp3) is 0.250. The van der Waals surface area contributed by atoms with Crippen LogP contribution in [-0.4, -0.2) is 9.97 Å². The Morgan fingerprint density at radius 2 is 2.00 bits per heavy atom. The number of pyridine rings is 2. The van der Waals surface area contributed by atoms with Gasteiger partial charge in [-0.1, -0.05) is 20.8 Å². The lowest BCUT2D eigenvalue weighted by Crippen LogP contribution is -1.81. The minimum atomic E-state index is 0.821. The van der Waals surface area contributed by atoms with Gasteiger partial charge in [0.15, 0.2) is 5.58 Å². The van der Waals surface area contributed by atoms with Crippen molar-refractivity contribution in [2.24, 2.45) is 0 Å². The van der Waals surface area contributed by atoms with E-state index >= 15 is 0 Å². The summed E-state index contributed by atoms with van der Waals surface area (Å²) in [5.41, 5.74) is 3.95. The van der Waals surface area contributed by atoms with E-state index in [2.05, 4.69) is 16.9 Å². The van der Waals surface area contributed by atoms with E-state index < -0.39 is 0 Å². The molecule has 0 radical (unpaired) electrons. The first-order chi connectivity index (χ1) is 9.38. The van der Waals surface area contributed by atoms with Crippen LogP contribution in [-0.2, 0) is 6.42 Å². The lowest BCUT2D eigenvalue weighted by molar-refractivity contribution is 0.626. The first-order valence-electron chi connectivity index (χ1n) is 6.66. The Labute approximate surface area is 113 Å². The molecule has 0 fully saturated rings. The Bertz CT molecular complexity index is 644. The fourth-order valence-corrected chi connectivity index (χ4v) is 1.92. The van der Waals surface area contributed by atoms with E-state index in [0.717, 1.165) is 28.8 Å². The quantitative estimate of drug-likeness (QED) is 0.677. The average molecular weight is 254 g/mol. The van der Waals surface area contributed by atoms with Gasteiger partial charge in [0, 0.05) is 30.2 Å². The summed E-state index contributed by atoms with van der Waals surface area (Å²) < 4.78 is 5.87. The van der Waals surface area contributed by atoms with Crippen LogP contribution in [0.3, 0.4) is 0 Å². The maximum Gasteiger partial charge on any atom is 0.156 e. The lowest BCUT2D eigenvalue weighted by atomic mass is 10.2. The third kappa shape index (κ3) is 2.65. The van der Waals surface area contributed by atoms with Crippen LogP contribution in [0.1, 0.15) is 26.3 Å². The summed E-state index contributed by atoms with van der Waals surface area (Å²) in [6, 6.07) is 7.84. The topological polar surface area (TPSA) is 38.9 Å². The maximum absolute atomic E-state index is 5.87. The standard InChI is InChI=1S/C14H12N2O.C2H6/c1-2-10-5-7-16-12-8-13(17-14(10)12)11-4-3-6-15-9-11;1-2/h3-9H,2H2,1H3;1-2H3. The first-order valence-corrected chi connectivity index (χ1v) is 6.66. The van der Waals surface area contributed by atoms with Gasteiger partial charge in [-0.3, -0.25) is 9.97 Å². The molecule has 3 aromatic heterocycles. The minimum Gasteiger partial charge on any atom is -0.454 e. The molecule has 0 saturated carbocycles. The van der Waals surface area contributed by atoms with Gasteiger partial charge in [0.1, 0.15) is 11.3 Å². The molecule has 0 amide bonds. The number of aromatic nitrogens is 2. The summed E-state index contributed by atoms with van der Waals surface area (Å²) in [5.74, 6) is 0.821. The van der Waals surface area contributed by atoms with Crippen molar-refractivity contribution < 1.29 is 4.42 Å². The first kappa shape index (κ1) is 13.3. The Balaban J connectivity index is 0.000000637. The number of furan rings is 1. The van der Waals surface area contributed by atoms with Crippen LogP contribution in [0.2, 0.25) is 0 Å². The monoisotopic (exact) mass is 254 g/mol. The number of rotatable bonds is 2. The zero-order valence-electron chi connectivity index (χ0n) is 11.6. The van der Waals surface area contributed by atoms with Gasteiger partial charge < -0.3 is 4.42 Å². The highest BCUT2D eigenvalue weighted by molar-refractivity contribution is 5.81. The number of nitrogens with zero attached hydrogens (tertiary/aromatic N) is 2. The van der Waals surface area contributed by atoms with Crippen molar-refractivity contribution in [3.63, 3.8) is 0 Å². The van der Waals surface area contributed by atoms with Crippen molar-refractivity contribution in [3.05, 3.63) is 48.4 Å². The molecule has 0 unspecified atom stereocenters. The Hall–Kier alpha value is -2.16. The van der Waals surface area contributed by atoms with Crippen molar-refractivity contribution in [1.82, 2.24) is 9.97 Å². The lowest BCUT2D eigenvalue weighted by Gasteiger charge is -1.96. The average Bonchev–Trinajstić information content (AvgIpc) is 2.94. The van der Waals surface area contributed by atoms with Crippen LogP contribution >= 0.6 is 0 Å². The smallest absolute Gasteiger partial charge is 0.156 e. The molecule has 0 aliphatic carbocycles. The third-order valence-electron chi connectivity index (χ3n) is 2.82. The molecule has 0 bridgehead atoms. The summed E-state index contributed by atoms with van der Waals surface area (Å²) >= 11 is 0. The van der Waals surface area contributed by atoms with Crippen molar-refractivity contribution in [3.8, 4) is 11.3 Å². The Morgan fingerprint density at radius 3 is 2.68 bits per heavy atom. The summed E-state index contributed by atoms with van der Waals surface area (Å²) in [4.78, 5) is 8.42. The second kappa shape index (κ2) is 6.14. The molecule has 3 heteroatoms. The largest absolute Gasteiger partial charge is 0.454 e. The number of aryl methyl sites for hydroxylation is 1. The van der Waals surface area contributed by atoms with Gasteiger partial charge in [-0.05, 0) is 30.2 Å². The van der Waals surface area contributed by atoms with Gasteiger partial charge in [-0.2, -0.15) is 0 Å². The number of hydrogen-bond acceptors (Lipinski definition) is 3. The SMILES string of the molecule is CC.CCc1ccnc2cc(-c3cccnc3)oc12. The van der Waals surface area contributed by atoms with E-state index in [1.165, 1.54) is 5.56 Å². The van der Waals surface area contributed by atoms with E-state index in [1.54, 1.807) is 12.4 Å². The van der Waals surface area contributed by atoms with Gasteiger partial charge in [0.2, 0.25) is 0 Å². The van der Waals surface area contributed by atoms with Crippen molar-refractivity contribution >= 4 is 11.1 Å². The second-order valence-corrected chi connectivity index (χ2v) is 3.89. The van der Waals surface area contributed by atoms with Crippen LogP contribution < -0.4 is 0 Å². The van der Waals surface area contributed by atoms with Crippen LogP contribution in [0.5, 0.6) is 0 Å². The van der Waals surface area contributed by atoms with Crippen molar-refractivity contribution in [2.75, 3.05) is 0 Å². The Morgan fingerprint density at radius 1 is 1.16 bits per heavy atom. The molecule has 0 atom stereocenters. The molecule has 3 aromatic rings. The summed E-state index contributed by atoms with van der Waals surface area (Å²) in [6.45, 7) is 6.11. The molecular weight excluding hydrogens is 236 g/mol. The van der Waals surface area contributed by atoms with E-state index in [-0.39, 0.29) is 0 Å². The number of hydrogen-bond donors (Lipinski definition) is 0. The van der Waals surface area contributed by atoms with Gasteiger partial charge in [0.05, 0.1) is 0 Å². The van der Waals surface area contributed by atoms with Crippen LogP contribution in [0.15, 0.2) is 47.3 Å². The molecule has 3 rings (SSSR count). The van der Waals surface area contributed by atoms with Crippen LogP contribution in [0.25, 0.3) is 22.4 Å². The molecule has 0 N–H and O–H groups in total. The van der Waals surface area contributed by atoms with Crippen LogP contribution in [0.4, 0.5) is 0 Å². The molecule has 19 heavy (non-hydrogen) atoms. The molecule has 0 aliphatic heterocycles. The number of fused-ring (bicyclic) bond motifs is 1. The second-order valence-electron chi connectivity index (χ2n) is 3.89. The highest BCUT2D eigenvalue weighted by atomic mass is 16.3. The summed E-state index contributed by atoms with van der Waals surface area (Å²) in [7, 11) is 0. The van der Waals surface area contributed by atoms with Crippen molar-refractivity contribution in [2.45, 2.75) is 27.2 Å². The minimum absolute atomic E-state index is 0.821. The van der Waals surface area contributed by atoms with Crippen molar-refractivity contribution in [1.29, 1.82) is 0 Å². The summed E-state index contributed by atoms with van der Waals surface area (Å²) in [6.07, 6.45) is 6.31. The molecule has 3 nitrogen and oxygen atoms in total. The molecule has 98 valence electrons. The van der Waals surface area contributed by atoms with Gasteiger partial charge >= 0.3 is 0 Å². The maximum atomic E-state index is 5.87. The molecule has 0 aromatic carbocycles. The molecule has 0 spiro atoms. The Kier molecular flexibility index (Phi) is 4.29. The third-order valence-corrected chi connectivity index (χ3v) is 2.82. The molecule has 0 aliphatic rings. The van der Waals surface area contributed by atoms with E-state index in [9.17, 15) is 0 Å². The highest BCUT2D eigenvalue weighted by Gasteiger charge is 2.09. The van der Waals surface area contributed by atoms with E-state index in [0.29, 0.717) is 0 Å². The normalized spacial score (nSPS) is 10.1. The fourth-order valence-electron chi connectivity index (χ4n) is 1.92. The zero-order chi connectivity index (χ0) is 13.7.